The van der Waals surface area contributed by atoms with Gasteiger partial charge in [0.1, 0.15) is 5.82 Å². The molecule has 92 valence electrons. The molecule has 2 rings (SSSR count). The minimum atomic E-state index is -0.738. The Kier molecular flexibility index (Phi) is 3.52. The summed E-state index contributed by atoms with van der Waals surface area (Å²) in [5.74, 6) is -0.349. The minimum absolute atomic E-state index is 0.317. The average molecular weight is 255 g/mol. The molecular formula is C12H15ClN2O2. The van der Waals surface area contributed by atoms with E-state index >= 15 is 0 Å². The van der Waals surface area contributed by atoms with E-state index in [1.54, 1.807) is 6.20 Å². The van der Waals surface area contributed by atoms with E-state index < -0.39 is 5.97 Å². The van der Waals surface area contributed by atoms with Gasteiger partial charge in [-0.2, -0.15) is 0 Å². The van der Waals surface area contributed by atoms with Crippen molar-refractivity contribution in [1.29, 1.82) is 0 Å². The van der Waals surface area contributed by atoms with Gasteiger partial charge in [-0.15, -0.1) is 0 Å². The average Bonchev–Trinajstić information content (AvgIpc) is 2.33. The highest BCUT2D eigenvalue weighted by Gasteiger charge is 2.27. The quantitative estimate of drug-likeness (QED) is 0.880. The minimum Gasteiger partial charge on any atom is -0.481 e. The van der Waals surface area contributed by atoms with Gasteiger partial charge in [-0.05, 0) is 31.4 Å². The lowest BCUT2D eigenvalue weighted by Crippen LogP contribution is -2.39. The highest BCUT2D eigenvalue weighted by molar-refractivity contribution is 6.33. The first-order chi connectivity index (χ1) is 8.09. The Labute approximate surface area is 105 Å². The fourth-order valence-corrected chi connectivity index (χ4v) is 2.35. The van der Waals surface area contributed by atoms with Crippen molar-refractivity contribution in [2.24, 2.45) is 5.92 Å². The summed E-state index contributed by atoms with van der Waals surface area (Å²) in [4.78, 5) is 17.2. The summed E-state index contributed by atoms with van der Waals surface area (Å²) in [5, 5.41) is 9.67. The monoisotopic (exact) mass is 254 g/mol. The van der Waals surface area contributed by atoms with Crippen LogP contribution in [-0.4, -0.2) is 29.1 Å². The number of halogens is 1. The highest BCUT2D eigenvalue weighted by atomic mass is 35.5. The standard InChI is InChI=1S/C12H15ClN2O2/c1-8-4-5-14-11(10(8)13)15-6-2-3-9(7-15)12(16)17/h4-5,9H,2-3,6-7H2,1H3,(H,16,17). The van der Waals surface area contributed by atoms with E-state index in [1.165, 1.54) is 0 Å². The van der Waals surface area contributed by atoms with E-state index in [1.807, 2.05) is 17.9 Å². The summed E-state index contributed by atoms with van der Waals surface area (Å²) in [6.07, 6.45) is 3.30. The van der Waals surface area contributed by atoms with Crippen molar-refractivity contribution in [1.82, 2.24) is 4.98 Å². The maximum Gasteiger partial charge on any atom is 0.308 e. The lowest BCUT2D eigenvalue weighted by atomic mass is 9.98. The molecule has 0 aromatic carbocycles. The van der Waals surface area contributed by atoms with Crippen molar-refractivity contribution in [2.45, 2.75) is 19.8 Å². The van der Waals surface area contributed by atoms with Crippen molar-refractivity contribution in [3.63, 3.8) is 0 Å². The first kappa shape index (κ1) is 12.2. The van der Waals surface area contributed by atoms with Crippen LogP contribution in [0.5, 0.6) is 0 Å². The number of carbonyl (C=O) groups is 1. The molecule has 1 aromatic rings. The van der Waals surface area contributed by atoms with Crippen LogP contribution in [0.15, 0.2) is 12.3 Å². The van der Waals surface area contributed by atoms with Crippen LogP contribution in [0.25, 0.3) is 0 Å². The fourth-order valence-electron chi connectivity index (χ4n) is 2.12. The van der Waals surface area contributed by atoms with Crippen LogP contribution < -0.4 is 4.90 Å². The Morgan fingerprint density at radius 1 is 1.65 bits per heavy atom. The number of anilines is 1. The van der Waals surface area contributed by atoms with E-state index in [0.717, 1.165) is 24.9 Å². The molecule has 0 saturated carbocycles. The smallest absolute Gasteiger partial charge is 0.308 e. The molecule has 17 heavy (non-hydrogen) atoms. The maximum atomic E-state index is 11.0. The van der Waals surface area contributed by atoms with Gasteiger partial charge in [-0.25, -0.2) is 4.98 Å². The molecule has 5 heteroatoms. The normalized spacial score (nSPS) is 20.4. The second-order valence-corrected chi connectivity index (χ2v) is 4.77. The van der Waals surface area contributed by atoms with E-state index in [9.17, 15) is 4.79 Å². The predicted molar refractivity (Wildman–Crippen MR) is 66.6 cm³/mol. The van der Waals surface area contributed by atoms with Crippen LogP contribution in [0.1, 0.15) is 18.4 Å². The van der Waals surface area contributed by atoms with Crippen LogP contribution in [0.4, 0.5) is 5.82 Å². The van der Waals surface area contributed by atoms with E-state index in [2.05, 4.69) is 4.98 Å². The third kappa shape index (κ3) is 2.52. The molecule has 1 fully saturated rings. The molecule has 1 aromatic heterocycles. The van der Waals surface area contributed by atoms with Crippen LogP contribution >= 0.6 is 11.6 Å². The van der Waals surface area contributed by atoms with Gasteiger partial charge in [0, 0.05) is 19.3 Å². The Morgan fingerprint density at radius 3 is 3.12 bits per heavy atom. The molecule has 0 bridgehead atoms. The molecule has 0 spiro atoms. The summed E-state index contributed by atoms with van der Waals surface area (Å²) in [6.45, 7) is 3.23. The first-order valence-electron chi connectivity index (χ1n) is 5.68. The summed E-state index contributed by atoms with van der Waals surface area (Å²) in [5.41, 5.74) is 0.967. The van der Waals surface area contributed by atoms with Crippen molar-refractivity contribution in [3.8, 4) is 0 Å². The summed E-state index contributed by atoms with van der Waals surface area (Å²) >= 11 is 6.20. The molecule has 1 N–H and O–H groups in total. The number of aliphatic carboxylic acids is 1. The summed E-state index contributed by atoms with van der Waals surface area (Å²) in [6, 6.07) is 1.85. The second kappa shape index (κ2) is 4.92. The summed E-state index contributed by atoms with van der Waals surface area (Å²) in [7, 11) is 0. The number of hydrogen-bond donors (Lipinski definition) is 1. The van der Waals surface area contributed by atoms with Crippen LogP contribution in [0.2, 0.25) is 5.02 Å². The number of piperidine rings is 1. The number of pyridine rings is 1. The van der Waals surface area contributed by atoms with Gasteiger partial charge in [0.15, 0.2) is 0 Å². The van der Waals surface area contributed by atoms with Gasteiger partial charge in [-0.1, -0.05) is 11.6 Å². The number of carboxylic acids is 1. The van der Waals surface area contributed by atoms with Gasteiger partial charge in [-0.3, -0.25) is 4.79 Å². The molecule has 0 aliphatic carbocycles. The van der Waals surface area contributed by atoms with Crippen LogP contribution in [0.3, 0.4) is 0 Å². The van der Waals surface area contributed by atoms with Crippen molar-refractivity contribution >= 4 is 23.4 Å². The number of aryl methyl sites for hydroxylation is 1. The molecule has 1 atom stereocenters. The molecule has 1 unspecified atom stereocenters. The zero-order valence-corrected chi connectivity index (χ0v) is 10.4. The van der Waals surface area contributed by atoms with Gasteiger partial charge in [0.2, 0.25) is 0 Å². The molecule has 0 amide bonds. The topological polar surface area (TPSA) is 53.4 Å². The zero-order chi connectivity index (χ0) is 12.4. The Hall–Kier alpha value is -1.29. The highest BCUT2D eigenvalue weighted by Crippen LogP contribution is 2.29. The zero-order valence-electron chi connectivity index (χ0n) is 9.69. The third-order valence-corrected chi connectivity index (χ3v) is 3.60. The number of rotatable bonds is 2. The summed E-state index contributed by atoms with van der Waals surface area (Å²) < 4.78 is 0. The third-order valence-electron chi connectivity index (χ3n) is 3.13. The molecule has 1 aliphatic rings. The lowest BCUT2D eigenvalue weighted by molar-refractivity contribution is -0.141. The molecule has 2 heterocycles. The predicted octanol–water partition coefficient (Wildman–Crippen LogP) is 2.34. The van der Waals surface area contributed by atoms with Gasteiger partial charge in [0.25, 0.3) is 0 Å². The molecule has 1 aliphatic heterocycles. The second-order valence-electron chi connectivity index (χ2n) is 4.39. The molecular weight excluding hydrogens is 240 g/mol. The van der Waals surface area contributed by atoms with E-state index in [0.29, 0.717) is 17.4 Å². The Bertz CT molecular complexity index is 437. The molecule has 1 saturated heterocycles. The Morgan fingerprint density at radius 2 is 2.41 bits per heavy atom. The first-order valence-corrected chi connectivity index (χ1v) is 6.06. The number of nitrogens with zero attached hydrogens (tertiary/aromatic N) is 2. The van der Waals surface area contributed by atoms with Crippen LogP contribution in [-0.2, 0) is 4.79 Å². The molecule has 4 nitrogen and oxygen atoms in total. The van der Waals surface area contributed by atoms with Crippen LogP contribution in [0, 0.1) is 12.8 Å². The Balaban J connectivity index is 2.22. The largest absolute Gasteiger partial charge is 0.481 e. The fraction of sp³-hybridized carbons (Fsp3) is 0.500. The van der Waals surface area contributed by atoms with Gasteiger partial charge < -0.3 is 10.0 Å². The maximum absolute atomic E-state index is 11.0. The van der Waals surface area contributed by atoms with E-state index in [-0.39, 0.29) is 5.92 Å². The number of carboxylic acid groups (broad SMARTS) is 1. The lowest BCUT2D eigenvalue weighted by Gasteiger charge is -2.32. The number of aromatic nitrogens is 1. The van der Waals surface area contributed by atoms with Gasteiger partial charge in [0.05, 0.1) is 10.9 Å². The molecule has 0 radical (unpaired) electrons. The van der Waals surface area contributed by atoms with Gasteiger partial charge >= 0.3 is 5.97 Å². The number of hydrogen-bond acceptors (Lipinski definition) is 3. The van der Waals surface area contributed by atoms with Crippen molar-refractivity contribution < 1.29 is 9.90 Å². The van der Waals surface area contributed by atoms with Crippen molar-refractivity contribution in [3.05, 3.63) is 22.8 Å². The van der Waals surface area contributed by atoms with E-state index in [4.69, 9.17) is 16.7 Å². The van der Waals surface area contributed by atoms with Crippen molar-refractivity contribution in [2.75, 3.05) is 18.0 Å². The SMILES string of the molecule is Cc1ccnc(N2CCCC(C(=O)O)C2)c1Cl.